The molecule has 2 nitrogen and oxygen atoms in total. The van der Waals surface area contributed by atoms with Crippen LogP contribution in [0.25, 0.3) is 0 Å². The molecule has 0 spiro atoms. The van der Waals surface area contributed by atoms with Crippen LogP contribution >= 0.6 is 0 Å². The molecule has 2 rings (SSSR count). The molecule has 0 aliphatic carbocycles. The van der Waals surface area contributed by atoms with Crippen LogP contribution in [0.4, 0.5) is 8.78 Å². The molecular formula is C14H14F2N2. The zero-order chi connectivity index (χ0) is 13.0. The highest BCUT2D eigenvalue weighted by Gasteiger charge is 2.17. The summed E-state index contributed by atoms with van der Waals surface area (Å²) in [5.74, 6) is -1.12. The summed E-state index contributed by atoms with van der Waals surface area (Å²) in [6.07, 6.45) is 3.34. The number of aromatic nitrogens is 1. The number of rotatable bonds is 4. The van der Waals surface area contributed by atoms with Crippen LogP contribution in [0.15, 0.2) is 42.7 Å². The molecule has 0 fully saturated rings. The average Bonchev–Trinajstić information content (AvgIpc) is 2.38. The van der Waals surface area contributed by atoms with Gasteiger partial charge in [0.05, 0.1) is 6.04 Å². The van der Waals surface area contributed by atoms with Gasteiger partial charge in [0.2, 0.25) is 0 Å². The van der Waals surface area contributed by atoms with Crippen LogP contribution in [0.2, 0.25) is 0 Å². The van der Waals surface area contributed by atoms with Crippen molar-refractivity contribution >= 4 is 0 Å². The molecule has 1 heterocycles. The first kappa shape index (κ1) is 12.6. The van der Waals surface area contributed by atoms with Crippen LogP contribution in [-0.2, 0) is 0 Å². The number of benzene rings is 1. The predicted molar refractivity (Wildman–Crippen MR) is 66.1 cm³/mol. The number of halogens is 2. The van der Waals surface area contributed by atoms with Crippen molar-refractivity contribution in [3.8, 4) is 0 Å². The SMILES string of the molecule is CCN[C@H](c1cccnc1)c1ccc(F)cc1F. The largest absolute Gasteiger partial charge is 0.306 e. The Morgan fingerprint density at radius 1 is 1.28 bits per heavy atom. The second kappa shape index (κ2) is 5.69. The molecular weight excluding hydrogens is 234 g/mol. The van der Waals surface area contributed by atoms with E-state index in [1.165, 1.54) is 12.1 Å². The van der Waals surface area contributed by atoms with Crippen molar-refractivity contribution in [1.82, 2.24) is 10.3 Å². The molecule has 1 aromatic carbocycles. The summed E-state index contributed by atoms with van der Waals surface area (Å²) in [5, 5.41) is 3.17. The van der Waals surface area contributed by atoms with Crippen molar-refractivity contribution in [2.24, 2.45) is 0 Å². The van der Waals surface area contributed by atoms with Gasteiger partial charge in [-0.25, -0.2) is 8.78 Å². The fraction of sp³-hybridized carbons (Fsp3) is 0.214. The lowest BCUT2D eigenvalue weighted by Gasteiger charge is -2.19. The highest BCUT2D eigenvalue weighted by molar-refractivity contribution is 5.31. The van der Waals surface area contributed by atoms with E-state index in [1.54, 1.807) is 18.5 Å². The summed E-state index contributed by atoms with van der Waals surface area (Å²) >= 11 is 0. The lowest BCUT2D eigenvalue weighted by molar-refractivity contribution is 0.540. The Labute approximate surface area is 105 Å². The maximum Gasteiger partial charge on any atom is 0.131 e. The van der Waals surface area contributed by atoms with Crippen LogP contribution in [0.1, 0.15) is 24.1 Å². The number of nitrogens with zero attached hydrogens (tertiary/aromatic N) is 1. The van der Waals surface area contributed by atoms with Crippen molar-refractivity contribution in [3.63, 3.8) is 0 Å². The number of nitrogens with one attached hydrogen (secondary N) is 1. The zero-order valence-electron chi connectivity index (χ0n) is 10.0. The highest BCUT2D eigenvalue weighted by atomic mass is 19.1. The minimum Gasteiger partial charge on any atom is -0.306 e. The Bertz CT molecular complexity index is 514. The van der Waals surface area contributed by atoms with Crippen molar-refractivity contribution in [3.05, 3.63) is 65.5 Å². The molecule has 18 heavy (non-hydrogen) atoms. The van der Waals surface area contributed by atoms with Crippen LogP contribution in [0.3, 0.4) is 0 Å². The van der Waals surface area contributed by atoms with Crippen molar-refractivity contribution < 1.29 is 8.78 Å². The lowest BCUT2D eigenvalue weighted by Crippen LogP contribution is -2.23. The van der Waals surface area contributed by atoms with E-state index in [2.05, 4.69) is 10.3 Å². The third kappa shape index (κ3) is 2.71. The first-order valence-electron chi connectivity index (χ1n) is 5.80. The van der Waals surface area contributed by atoms with Crippen LogP contribution in [0, 0.1) is 11.6 Å². The number of hydrogen-bond acceptors (Lipinski definition) is 2. The number of pyridine rings is 1. The van der Waals surface area contributed by atoms with Gasteiger partial charge in [0, 0.05) is 24.0 Å². The first-order chi connectivity index (χ1) is 8.72. The predicted octanol–water partition coefficient (Wildman–Crippen LogP) is 3.06. The van der Waals surface area contributed by atoms with E-state index < -0.39 is 11.6 Å². The Morgan fingerprint density at radius 3 is 2.72 bits per heavy atom. The van der Waals surface area contributed by atoms with Gasteiger partial charge >= 0.3 is 0 Å². The summed E-state index contributed by atoms with van der Waals surface area (Å²) in [7, 11) is 0. The molecule has 0 aliphatic rings. The second-order valence-electron chi connectivity index (χ2n) is 3.94. The van der Waals surface area contributed by atoms with E-state index in [-0.39, 0.29) is 6.04 Å². The Morgan fingerprint density at radius 2 is 2.11 bits per heavy atom. The topological polar surface area (TPSA) is 24.9 Å². The van der Waals surface area contributed by atoms with Gasteiger partial charge in [-0.1, -0.05) is 19.1 Å². The third-order valence-electron chi connectivity index (χ3n) is 2.70. The molecule has 0 saturated carbocycles. The summed E-state index contributed by atoms with van der Waals surface area (Å²) < 4.78 is 26.7. The van der Waals surface area contributed by atoms with Gasteiger partial charge in [-0.2, -0.15) is 0 Å². The maximum absolute atomic E-state index is 13.8. The summed E-state index contributed by atoms with van der Waals surface area (Å²) in [5.41, 5.74) is 1.27. The minimum atomic E-state index is -0.572. The third-order valence-corrected chi connectivity index (χ3v) is 2.70. The Kier molecular flexibility index (Phi) is 3.99. The van der Waals surface area contributed by atoms with Gasteiger partial charge in [-0.15, -0.1) is 0 Å². The molecule has 1 aromatic heterocycles. The van der Waals surface area contributed by atoms with Gasteiger partial charge in [0.15, 0.2) is 0 Å². The van der Waals surface area contributed by atoms with E-state index in [9.17, 15) is 8.78 Å². The zero-order valence-corrected chi connectivity index (χ0v) is 10.0. The van der Waals surface area contributed by atoms with E-state index in [1.807, 2.05) is 13.0 Å². The fourth-order valence-electron chi connectivity index (χ4n) is 1.89. The molecule has 0 amide bonds. The standard InChI is InChI=1S/C14H14F2N2/c1-2-18-14(10-4-3-7-17-9-10)12-6-5-11(15)8-13(12)16/h3-9,14,18H,2H2,1H3/t14-/m1/s1. The number of hydrogen-bond donors (Lipinski definition) is 1. The minimum absolute atomic E-state index is 0.315. The van der Waals surface area contributed by atoms with Crippen LogP contribution < -0.4 is 5.32 Å². The first-order valence-corrected chi connectivity index (χ1v) is 5.80. The average molecular weight is 248 g/mol. The van der Waals surface area contributed by atoms with Gasteiger partial charge in [-0.3, -0.25) is 4.98 Å². The van der Waals surface area contributed by atoms with E-state index >= 15 is 0 Å². The van der Waals surface area contributed by atoms with Crippen LogP contribution in [-0.4, -0.2) is 11.5 Å². The molecule has 1 N–H and O–H groups in total. The van der Waals surface area contributed by atoms with Crippen molar-refractivity contribution in [2.75, 3.05) is 6.54 Å². The maximum atomic E-state index is 13.8. The lowest BCUT2D eigenvalue weighted by atomic mass is 9.99. The van der Waals surface area contributed by atoms with E-state index in [0.717, 1.165) is 11.6 Å². The van der Waals surface area contributed by atoms with Gasteiger partial charge < -0.3 is 5.32 Å². The summed E-state index contributed by atoms with van der Waals surface area (Å²) in [6.45, 7) is 2.61. The van der Waals surface area contributed by atoms with E-state index in [4.69, 9.17) is 0 Å². The Hall–Kier alpha value is -1.81. The molecule has 0 bridgehead atoms. The molecule has 1 atom stereocenters. The smallest absolute Gasteiger partial charge is 0.131 e. The van der Waals surface area contributed by atoms with Crippen molar-refractivity contribution in [2.45, 2.75) is 13.0 Å². The normalized spacial score (nSPS) is 12.4. The molecule has 0 unspecified atom stereocenters. The van der Waals surface area contributed by atoms with Crippen molar-refractivity contribution in [1.29, 1.82) is 0 Å². The molecule has 94 valence electrons. The van der Waals surface area contributed by atoms with Gasteiger partial charge in [-0.05, 0) is 24.2 Å². The van der Waals surface area contributed by atoms with Gasteiger partial charge in [0.25, 0.3) is 0 Å². The van der Waals surface area contributed by atoms with E-state index in [0.29, 0.717) is 12.1 Å². The van der Waals surface area contributed by atoms with Crippen LogP contribution in [0.5, 0.6) is 0 Å². The quantitative estimate of drug-likeness (QED) is 0.899. The Balaban J connectivity index is 2.41. The molecule has 2 aromatic rings. The monoisotopic (exact) mass is 248 g/mol. The summed E-state index contributed by atoms with van der Waals surface area (Å²) in [6, 6.07) is 6.97. The molecule has 4 heteroatoms. The molecule has 0 radical (unpaired) electrons. The van der Waals surface area contributed by atoms with Gasteiger partial charge in [0.1, 0.15) is 11.6 Å². The fourth-order valence-corrected chi connectivity index (χ4v) is 1.89. The molecule has 0 aliphatic heterocycles. The summed E-state index contributed by atoms with van der Waals surface area (Å²) in [4.78, 5) is 4.02. The molecule has 0 saturated heterocycles. The second-order valence-corrected chi connectivity index (χ2v) is 3.94. The highest BCUT2D eigenvalue weighted by Crippen LogP contribution is 2.24.